The fourth-order valence-electron chi connectivity index (χ4n) is 2.78. The van der Waals surface area contributed by atoms with Gasteiger partial charge in [0.25, 0.3) is 0 Å². The van der Waals surface area contributed by atoms with Gasteiger partial charge in [-0.15, -0.1) is 0 Å². The lowest BCUT2D eigenvalue weighted by Gasteiger charge is -2.23. The van der Waals surface area contributed by atoms with Crippen LogP contribution >= 0.6 is 0 Å². The van der Waals surface area contributed by atoms with Gasteiger partial charge in [-0.3, -0.25) is 9.59 Å². The molecule has 5 heteroatoms. The second-order valence-corrected chi connectivity index (χ2v) is 6.52. The van der Waals surface area contributed by atoms with E-state index in [0.29, 0.717) is 38.5 Å². The number of amides is 2. The quantitative estimate of drug-likeness (QED) is 0.855. The number of hydrogen-bond donors (Lipinski definition) is 0. The summed E-state index contributed by atoms with van der Waals surface area (Å²) in [5.74, 6) is 0.264. The second kappa shape index (κ2) is 8.09. The van der Waals surface area contributed by atoms with Gasteiger partial charge in [0, 0.05) is 32.6 Å². The molecule has 2 amide bonds. The maximum absolute atomic E-state index is 12.9. The number of rotatable bonds is 4. The topological polar surface area (TPSA) is 40.6 Å². The highest BCUT2D eigenvalue weighted by atomic mass is 19.1. The van der Waals surface area contributed by atoms with Crippen molar-refractivity contribution in [1.82, 2.24) is 9.80 Å². The highest BCUT2D eigenvalue weighted by Crippen LogP contribution is 2.11. The summed E-state index contributed by atoms with van der Waals surface area (Å²) in [5.41, 5.74) is 0.813. The maximum atomic E-state index is 12.9. The summed E-state index contributed by atoms with van der Waals surface area (Å²) in [6, 6.07) is 6.03. The van der Waals surface area contributed by atoms with Gasteiger partial charge in [-0.1, -0.05) is 26.0 Å². The Morgan fingerprint density at radius 3 is 2.13 bits per heavy atom. The molecule has 0 radical (unpaired) electrons. The number of benzene rings is 1. The number of nitrogens with zero attached hydrogens (tertiary/aromatic N) is 2. The first-order chi connectivity index (χ1) is 11.0. The van der Waals surface area contributed by atoms with E-state index in [2.05, 4.69) is 0 Å². The van der Waals surface area contributed by atoms with E-state index in [1.54, 1.807) is 12.1 Å². The van der Waals surface area contributed by atoms with Crippen LogP contribution in [0, 0.1) is 11.7 Å². The molecular formula is C18H25FN2O2. The fraction of sp³-hybridized carbons (Fsp3) is 0.556. The monoisotopic (exact) mass is 320 g/mol. The zero-order valence-electron chi connectivity index (χ0n) is 13.9. The molecule has 0 aliphatic carbocycles. The molecule has 0 atom stereocenters. The van der Waals surface area contributed by atoms with Gasteiger partial charge in [-0.25, -0.2) is 4.39 Å². The predicted octanol–water partition coefficient (Wildman–Crippen LogP) is 2.48. The van der Waals surface area contributed by atoms with Crippen molar-refractivity contribution in [3.05, 3.63) is 35.6 Å². The molecule has 1 aromatic carbocycles. The zero-order valence-corrected chi connectivity index (χ0v) is 13.9. The minimum Gasteiger partial charge on any atom is -0.341 e. The largest absolute Gasteiger partial charge is 0.341 e. The first kappa shape index (κ1) is 17.4. The van der Waals surface area contributed by atoms with Crippen LogP contribution in [0.3, 0.4) is 0 Å². The van der Waals surface area contributed by atoms with Gasteiger partial charge in [0.05, 0.1) is 6.42 Å². The van der Waals surface area contributed by atoms with E-state index in [9.17, 15) is 14.0 Å². The summed E-state index contributed by atoms with van der Waals surface area (Å²) < 4.78 is 12.9. The Kier molecular flexibility index (Phi) is 6.13. The van der Waals surface area contributed by atoms with Crippen molar-refractivity contribution < 1.29 is 14.0 Å². The highest BCUT2D eigenvalue weighted by Gasteiger charge is 2.22. The molecule has 0 unspecified atom stereocenters. The number of carbonyl (C=O) groups is 2. The summed E-state index contributed by atoms with van der Waals surface area (Å²) in [6.45, 7) is 6.63. The molecule has 1 aliphatic heterocycles. The average Bonchev–Trinajstić information content (AvgIpc) is 2.75. The summed E-state index contributed by atoms with van der Waals surface area (Å²) >= 11 is 0. The minimum atomic E-state index is -0.296. The lowest BCUT2D eigenvalue weighted by Crippen LogP contribution is -2.38. The molecule has 0 spiro atoms. The Morgan fingerprint density at radius 2 is 1.57 bits per heavy atom. The van der Waals surface area contributed by atoms with Crippen molar-refractivity contribution >= 4 is 11.8 Å². The first-order valence-corrected chi connectivity index (χ1v) is 8.25. The third-order valence-corrected chi connectivity index (χ3v) is 4.05. The van der Waals surface area contributed by atoms with E-state index in [0.717, 1.165) is 12.0 Å². The number of halogens is 1. The number of hydrogen-bond acceptors (Lipinski definition) is 2. The van der Waals surface area contributed by atoms with Gasteiger partial charge < -0.3 is 9.80 Å². The van der Waals surface area contributed by atoms with Crippen LogP contribution in [0.5, 0.6) is 0 Å². The summed E-state index contributed by atoms with van der Waals surface area (Å²) in [7, 11) is 0. The summed E-state index contributed by atoms with van der Waals surface area (Å²) in [6.07, 6.45) is 1.64. The molecule has 1 aromatic rings. The Labute approximate surface area is 137 Å². The molecular weight excluding hydrogens is 295 g/mol. The molecule has 2 rings (SSSR count). The molecule has 1 fully saturated rings. The second-order valence-electron chi connectivity index (χ2n) is 6.52. The van der Waals surface area contributed by atoms with E-state index in [1.165, 1.54) is 12.1 Å². The first-order valence-electron chi connectivity index (χ1n) is 8.25. The van der Waals surface area contributed by atoms with Crippen LogP contribution in [0.2, 0.25) is 0 Å². The van der Waals surface area contributed by atoms with Crippen LogP contribution in [0.25, 0.3) is 0 Å². The van der Waals surface area contributed by atoms with Gasteiger partial charge in [0.15, 0.2) is 0 Å². The molecule has 0 saturated carbocycles. The molecule has 1 heterocycles. The van der Waals surface area contributed by atoms with E-state index in [4.69, 9.17) is 0 Å². The van der Waals surface area contributed by atoms with Crippen LogP contribution < -0.4 is 0 Å². The molecule has 1 aliphatic rings. The molecule has 4 nitrogen and oxygen atoms in total. The average molecular weight is 320 g/mol. The van der Waals surface area contributed by atoms with E-state index in [1.807, 2.05) is 23.6 Å². The van der Waals surface area contributed by atoms with Crippen molar-refractivity contribution in [2.45, 2.75) is 33.1 Å². The lowest BCUT2D eigenvalue weighted by molar-refractivity contribution is -0.133. The normalized spacial score (nSPS) is 15.7. The fourth-order valence-corrected chi connectivity index (χ4v) is 2.78. The third-order valence-electron chi connectivity index (χ3n) is 4.05. The van der Waals surface area contributed by atoms with Gasteiger partial charge in [0.2, 0.25) is 11.8 Å². The third kappa shape index (κ3) is 5.34. The lowest BCUT2D eigenvalue weighted by atomic mass is 10.1. The SMILES string of the molecule is CC(C)CC(=O)N1CCCN(C(=O)Cc2ccc(F)cc2)CC1. The highest BCUT2D eigenvalue weighted by molar-refractivity contribution is 5.79. The molecule has 23 heavy (non-hydrogen) atoms. The van der Waals surface area contributed by atoms with E-state index < -0.39 is 0 Å². The molecule has 0 N–H and O–H groups in total. The smallest absolute Gasteiger partial charge is 0.227 e. The Balaban J connectivity index is 1.88. The molecule has 0 bridgehead atoms. The van der Waals surface area contributed by atoms with Crippen LogP contribution in [0.15, 0.2) is 24.3 Å². The summed E-state index contributed by atoms with van der Waals surface area (Å²) in [4.78, 5) is 28.2. The van der Waals surface area contributed by atoms with Crippen molar-refractivity contribution in [3.63, 3.8) is 0 Å². The Hall–Kier alpha value is -1.91. The van der Waals surface area contributed by atoms with Crippen LogP contribution in [-0.4, -0.2) is 47.8 Å². The number of carbonyl (C=O) groups excluding carboxylic acids is 2. The van der Waals surface area contributed by atoms with E-state index in [-0.39, 0.29) is 24.1 Å². The maximum Gasteiger partial charge on any atom is 0.227 e. The van der Waals surface area contributed by atoms with Gasteiger partial charge >= 0.3 is 0 Å². The molecule has 1 saturated heterocycles. The van der Waals surface area contributed by atoms with Crippen LogP contribution in [0.1, 0.15) is 32.3 Å². The van der Waals surface area contributed by atoms with Crippen LogP contribution in [0.4, 0.5) is 4.39 Å². The predicted molar refractivity (Wildman–Crippen MR) is 87.3 cm³/mol. The van der Waals surface area contributed by atoms with Crippen molar-refractivity contribution in [2.24, 2.45) is 5.92 Å². The molecule has 0 aromatic heterocycles. The van der Waals surface area contributed by atoms with Crippen molar-refractivity contribution in [2.75, 3.05) is 26.2 Å². The van der Waals surface area contributed by atoms with E-state index >= 15 is 0 Å². The summed E-state index contributed by atoms with van der Waals surface area (Å²) in [5, 5.41) is 0. The Bertz CT molecular complexity index is 542. The minimum absolute atomic E-state index is 0.0368. The zero-order chi connectivity index (χ0) is 16.8. The van der Waals surface area contributed by atoms with Crippen molar-refractivity contribution in [1.29, 1.82) is 0 Å². The standard InChI is InChI=1S/C18H25FN2O2/c1-14(2)12-17(22)20-8-3-9-21(11-10-20)18(23)13-15-4-6-16(19)7-5-15/h4-7,14H,3,8-13H2,1-2H3. The van der Waals surface area contributed by atoms with Gasteiger partial charge in [0.1, 0.15) is 5.82 Å². The van der Waals surface area contributed by atoms with Gasteiger partial charge in [-0.05, 0) is 30.0 Å². The van der Waals surface area contributed by atoms with Crippen molar-refractivity contribution in [3.8, 4) is 0 Å². The van der Waals surface area contributed by atoms with Crippen LogP contribution in [-0.2, 0) is 16.0 Å². The molecule has 126 valence electrons. The van der Waals surface area contributed by atoms with Gasteiger partial charge in [-0.2, -0.15) is 0 Å². The Morgan fingerprint density at radius 1 is 1.00 bits per heavy atom.